The second-order valence-corrected chi connectivity index (χ2v) is 7.41. The standard InChI is InChI=1S/C23H19Cl2NO3/c1-14-6-8-18(16-4-3-5-17(13-16)23(28)29-2)21(10-14)26-22(27)12-15-7-9-19(24)20(25)11-15/h3-11,13H,12H2,1-2H3,(H,26,27). The van der Waals surface area contributed by atoms with Crippen LogP contribution in [0.5, 0.6) is 0 Å². The number of carbonyl (C=O) groups is 2. The van der Waals surface area contributed by atoms with Gasteiger partial charge in [-0.25, -0.2) is 4.79 Å². The van der Waals surface area contributed by atoms with Gasteiger partial charge in [0.2, 0.25) is 5.91 Å². The van der Waals surface area contributed by atoms with Crippen molar-refractivity contribution in [2.24, 2.45) is 0 Å². The molecule has 0 saturated carbocycles. The Morgan fingerprint density at radius 1 is 0.966 bits per heavy atom. The van der Waals surface area contributed by atoms with Gasteiger partial charge in [-0.3, -0.25) is 4.79 Å². The van der Waals surface area contributed by atoms with Crippen molar-refractivity contribution in [2.75, 3.05) is 12.4 Å². The molecule has 29 heavy (non-hydrogen) atoms. The molecule has 0 unspecified atom stereocenters. The van der Waals surface area contributed by atoms with Gasteiger partial charge in [0.1, 0.15) is 0 Å². The lowest BCUT2D eigenvalue weighted by atomic mass is 9.99. The monoisotopic (exact) mass is 427 g/mol. The van der Waals surface area contributed by atoms with Crippen LogP contribution in [-0.4, -0.2) is 19.0 Å². The van der Waals surface area contributed by atoms with Gasteiger partial charge in [0, 0.05) is 11.3 Å². The molecular weight excluding hydrogens is 409 g/mol. The fraction of sp³-hybridized carbons (Fsp3) is 0.130. The first-order valence-corrected chi connectivity index (χ1v) is 9.66. The maximum absolute atomic E-state index is 12.6. The van der Waals surface area contributed by atoms with Gasteiger partial charge in [-0.1, -0.05) is 53.5 Å². The zero-order valence-electron chi connectivity index (χ0n) is 16.0. The molecule has 0 atom stereocenters. The van der Waals surface area contributed by atoms with Crippen LogP contribution in [0.1, 0.15) is 21.5 Å². The van der Waals surface area contributed by atoms with Gasteiger partial charge >= 0.3 is 5.97 Å². The van der Waals surface area contributed by atoms with E-state index < -0.39 is 5.97 Å². The molecule has 0 aromatic heterocycles. The molecule has 0 radical (unpaired) electrons. The second-order valence-electron chi connectivity index (χ2n) is 6.59. The van der Waals surface area contributed by atoms with Gasteiger partial charge in [0.05, 0.1) is 29.1 Å². The lowest BCUT2D eigenvalue weighted by Crippen LogP contribution is -2.15. The van der Waals surface area contributed by atoms with E-state index in [2.05, 4.69) is 5.32 Å². The van der Waals surface area contributed by atoms with Crippen molar-refractivity contribution >= 4 is 40.8 Å². The van der Waals surface area contributed by atoms with Crippen molar-refractivity contribution in [3.05, 3.63) is 87.4 Å². The zero-order chi connectivity index (χ0) is 21.0. The van der Waals surface area contributed by atoms with Gasteiger partial charge in [0.25, 0.3) is 0 Å². The lowest BCUT2D eigenvalue weighted by Gasteiger charge is -2.13. The van der Waals surface area contributed by atoms with E-state index in [0.717, 1.165) is 22.3 Å². The number of hydrogen-bond acceptors (Lipinski definition) is 3. The molecule has 0 saturated heterocycles. The summed E-state index contributed by atoms with van der Waals surface area (Å²) in [6, 6.07) is 18.0. The minimum absolute atomic E-state index is 0.159. The molecule has 1 amide bonds. The summed E-state index contributed by atoms with van der Waals surface area (Å²) in [7, 11) is 1.34. The summed E-state index contributed by atoms with van der Waals surface area (Å²) in [5, 5.41) is 3.82. The molecule has 0 aliphatic carbocycles. The first kappa shape index (κ1) is 20.9. The SMILES string of the molecule is COC(=O)c1cccc(-c2ccc(C)cc2NC(=O)Cc2ccc(Cl)c(Cl)c2)c1. The number of aryl methyl sites for hydroxylation is 1. The number of anilines is 1. The molecular formula is C23H19Cl2NO3. The van der Waals surface area contributed by atoms with Gasteiger partial charge in [0.15, 0.2) is 0 Å². The molecule has 3 rings (SSSR count). The Bertz CT molecular complexity index is 1080. The zero-order valence-corrected chi connectivity index (χ0v) is 17.5. The third kappa shape index (κ3) is 5.17. The van der Waals surface area contributed by atoms with E-state index in [1.165, 1.54) is 7.11 Å². The van der Waals surface area contributed by atoms with Gasteiger partial charge in [-0.05, 0) is 53.9 Å². The molecule has 0 aliphatic rings. The number of hydrogen-bond donors (Lipinski definition) is 1. The lowest BCUT2D eigenvalue weighted by molar-refractivity contribution is -0.115. The smallest absolute Gasteiger partial charge is 0.337 e. The summed E-state index contributed by atoms with van der Waals surface area (Å²) >= 11 is 12.0. The molecule has 0 aliphatic heterocycles. The highest BCUT2D eigenvalue weighted by Gasteiger charge is 2.13. The van der Waals surface area contributed by atoms with Crippen molar-refractivity contribution < 1.29 is 14.3 Å². The topological polar surface area (TPSA) is 55.4 Å². The van der Waals surface area contributed by atoms with Crippen LogP contribution < -0.4 is 5.32 Å². The minimum atomic E-state index is -0.413. The highest BCUT2D eigenvalue weighted by atomic mass is 35.5. The van der Waals surface area contributed by atoms with Crippen molar-refractivity contribution in [3.63, 3.8) is 0 Å². The van der Waals surface area contributed by atoms with Gasteiger partial charge < -0.3 is 10.1 Å². The van der Waals surface area contributed by atoms with Crippen LogP contribution in [0, 0.1) is 6.92 Å². The fourth-order valence-corrected chi connectivity index (χ4v) is 3.29. The summed E-state index contributed by atoms with van der Waals surface area (Å²) in [4.78, 5) is 24.5. The van der Waals surface area contributed by atoms with Crippen molar-refractivity contribution in [2.45, 2.75) is 13.3 Å². The highest BCUT2D eigenvalue weighted by Crippen LogP contribution is 2.30. The van der Waals surface area contributed by atoms with E-state index in [1.807, 2.05) is 31.2 Å². The molecule has 0 heterocycles. The van der Waals surface area contributed by atoms with Crippen LogP contribution >= 0.6 is 23.2 Å². The van der Waals surface area contributed by atoms with E-state index >= 15 is 0 Å². The Kier molecular flexibility index (Phi) is 6.57. The third-order valence-corrected chi connectivity index (χ3v) is 5.13. The maximum Gasteiger partial charge on any atom is 0.337 e. The van der Waals surface area contributed by atoms with Gasteiger partial charge in [-0.15, -0.1) is 0 Å². The second kappa shape index (κ2) is 9.12. The Balaban J connectivity index is 1.88. The molecule has 1 N–H and O–H groups in total. The Morgan fingerprint density at radius 3 is 2.48 bits per heavy atom. The Morgan fingerprint density at radius 2 is 1.76 bits per heavy atom. The van der Waals surface area contributed by atoms with Crippen LogP contribution in [0.3, 0.4) is 0 Å². The number of carbonyl (C=O) groups excluding carboxylic acids is 2. The largest absolute Gasteiger partial charge is 0.465 e. The van der Waals surface area contributed by atoms with Crippen LogP contribution in [-0.2, 0) is 16.0 Å². The number of benzene rings is 3. The van der Waals surface area contributed by atoms with E-state index in [4.69, 9.17) is 27.9 Å². The molecule has 3 aromatic rings. The van der Waals surface area contributed by atoms with Crippen LogP contribution in [0.15, 0.2) is 60.7 Å². The molecule has 148 valence electrons. The molecule has 3 aromatic carbocycles. The van der Waals surface area contributed by atoms with E-state index in [0.29, 0.717) is 21.3 Å². The quantitative estimate of drug-likeness (QED) is 0.512. The maximum atomic E-state index is 12.6. The number of methoxy groups -OCH3 is 1. The number of halogens is 2. The summed E-state index contributed by atoms with van der Waals surface area (Å²) < 4.78 is 4.80. The minimum Gasteiger partial charge on any atom is -0.465 e. The predicted octanol–water partition coefficient (Wildman–Crippen LogP) is 5.94. The highest BCUT2D eigenvalue weighted by molar-refractivity contribution is 6.42. The van der Waals surface area contributed by atoms with E-state index in [-0.39, 0.29) is 12.3 Å². The average molecular weight is 428 g/mol. The molecule has 0 fully saturated rings. The number of esters is 1. The molecule has 0 spiro atoms. The van der Waals surface area contributed by atoms with E-state index in [9.17, 15) is 9.59 Å². The Labute approximate surface area is 179 Å². The summed E-state index contributed by atoms with van der Waals surface area (Å²) in [5.74, 6) is -0.594. The first-order chi connectivity index (χ1) is 13.9. The van der Waals surface area contributed by atoms with Crippen LogP contribution in [0.4, 0.5) is 5.69 Å². The van der Waals surface area contributed by atoms with Crippen molar-refractivity contribution in [3.8, 4) is 11.1 Å². The number of rotatable bonds is 5. The van der Waals surface area contributed by atoms with Crippen LogP contribution in [0.2, 0.25) is 10.0 Å². The van der Waals surface area contributed by atoms with Gasteiger partial charge in [-0.2, -0.15) is 0 Å². The average Bonchev–Trinajstić information content (AvgIpc) is 2.70. The summed E-state index contributed by atoms with van der Waals surface area (Å²) in [6.07, 6.45) is 0.159. The molecule has 6 heteroatoms. The van der Waals surface area contributed by atoms with Crippen molar-refractivity contribution in [1.29, 1.82) is 0 Å². The van der Waals surface area contributed by atoms with E-state index in [1.54, 1.807) is 36.4 Å². The number of nitrogens with one attached hydrogen (secondary N) is 1. The number of amides is 1. The first-order valence-electron chi connectivity index (χ1n) is 8.90. The fourth-order valence-electron chi connectivity index (χ4n) is 2.97. The van der Waals surface area contributed by atoms with Crippen LogP contribution in [0.25, 0.3) is 11.1 Å². The predicted molar refractivity (Wildman–Crippen MR) is 117 cm³/mol. The molecule has 0 bridgehead atoms. The molecule has 4 nitrogen and oxygen atoms in total. The number of ether oxygens (including phenoxy) is 1. The normalized spacial score (nSPS) is 10.5. The van der Waals surface area contributed by atoms with Crippen molar-refractivity contribution in [1.82, 2.24) is 0 Å². The summed E-state index contributed by atoms with van der Waals surface area (Å²) in [5.41, 5.74) is 4.49. The Hall–Kier alpha value is -2.82. The third-order valence-electron chi connectivity index (χ3n) is 4.39. The summed E-state index contributed by atoms with van der Waals surface area (Å²) in [6.45, 7) is 1.95.